The number of benzene rings is 1. The van der Waals surface area contributed by atoms with E-state index in [1.165, 1.54) is 11.3 Å². The summed E-state index contributed by atoms with van der Waals surface area (Å²) in [6.07, 6.45) is 8.64. The summed E-state index contributed by atoms with van der Waals surface area (Å²) < 4.78 is 6.11. The number of thiazole rings is 1. The van der Waals surface area contributed by atoms with Gasteiger partial charge in [0.2, 0.25) is 5.89 Å². The van der Waals surface area contributed by atoms with E-state index in [-0.39, 0.29) is 11.9 Å². The van der Waals surface area contributed by atoms with E-state index in [1.807, 2.05) is 35.2 Å². The summed E-state index contributed by atoms with van der Waals surface area (Å²) in [5, 5.41) is 0.705. The first-order valence-corrected chi connectivity index (χ1v) is 11.8. The molecule has 4 aromatic rings. The normalized spacial score (nSPS) is 16.3. The number of pyridine rings is 1. The second-order valence-corrected chi connectivity index (χ2v) is 9.07. The highest BCUT2D eigenvalue weighted by molar-refractivity contribution is 7.13. The van der Waals surface area contributed by atoms with Gasteiger partial charge in [-0.15, -0.1) is 11.3 Å². The molecule has 1 aliphatic heterocycles. The van der Waals surface area contributed by atoms with E-state index < -0.39 is 0 Å². The third-order valence-corrected chi connectivity index (χ3v) is 6.65. The standard InChI is InChI=1S/C24H21ClN4O2S/c25-17-8-6-16(7-9-17)12-18-13-28-23(31-18)20-5-1-2-11-29(20)24(30)19-4-3-10-27-22(19)21-14-26-15-32-21/h3-4,6-10,13-15,20H,1-2,5,11-12H2/t20-/m0/s1. The van der Waals surface area contributed by atoms with Crippen LogP contribution in [0.2, 0.25) is 5.02 Å². The van der Waals surface area contributed by atoms with Crippen LogP contribution in [0.15, 0.2) is 64.9 Å². The van der Waals surface area contributed by atoms with Crippen molar-refractivity contribution in [2.75, 3.05) is 6.54 Å². The fourth-order valence-electron chi connectivity index (χ4n) is 4.05. The van der Waals surface area contributed by atoms with Crippen LogP contribution in [-0.4, -0.2) is 32.3 Å². The Morgan fingerprint density at radius 1 is 1.16 bits per heavy atom. The van der Waals surface area contributed by atoms with E-state index in [0.29, 0.717) is 35.1 Å². The minimum Gasteiger partial charge on any atom is -0.443 e. The highest BCUT2D eigenvalue weighted by Crippen LogP contribution is 2.34. The fraction of sp³-hybridized carbons (Fsp3) is 0.250. The molecule has 4 heterocycles. The molecule has 1 fully saturated rings. The Labute approximate surface area is 194 Å². The summed E-state index contributed by atoms with van der Waals surface area (Å²) in [7, 11) is 0. The van der Waals surface area contributed by atoms with Gasteiger partial charge >= 0.3 is 0 Å². The molecule has 8 heteroatoms. The summed E-state index contributed by atoms with van der Waals surface area (Å²) >= 11 is 7.45. The zero-order valence-electron chi connectivity index (χ0n) is 17.3. The maximum atomic E-state index is 13.6. The maximum absolute atomic E-state index is 13.6. The average Bonchev–Trinajstić information content (AvgIpc) is 3.53. The molecule has 0 aliphatic carbocycles. The third-order valence-electron chi connectivity index (χ3n) is 5.62. The highest BCUT2D eigenvalue weighted by Gasteiger charge is 2.33. The molecule has 1 atom stereocenters. The Balaban J connectivity index is 1.40. The molecule has 0 N–H and O–H groups in total. The number of hydrogen-bond donors (Lipinski definition) is 0. The average molecular weight is 465 g/mol. The van der Waals surface area contributed by atoms with Crippen LogP contribution in [0.25, 0.3) is 10.6 Å². The minimum absolute atomic E-state index is 0.0522. The van der Waals surface area contributed by atoms with Gasteiger partial charge in [0.15, 0.2) is 0 Å². The second kappa shape index (κ2) is 9.22. The lowest BCUT2D eigenvalue weighted by Gasteiger charge is -2.34. The Kier molecular flexibility index (Phi) is 6.01. The SMILES string of the molecule is O=C(c1cccnc1-c1cncs1)N1CCCC[C@H]1c1ncc(Cc2ccc(Cl)cc2)o1. The number of halogens is 1. The Hall–Kier alpha value is -3.03. The molecule has 0 bridgehead atoms. The van der Waals surface area contributed by atoms with Crippen LogP contribution in [0.3, 0.4) is 0 Å². The van der Waals surface area contributed by atoms with E-state index >= 15 is 0 Å². The number of nitrogens with zero attached hydrogens (tertiary/aromatic N) is 4. The van der Waals surface area contributed by atoms with Crippen molar-refractivity contribution in [1.82, 2.24) is 19.9 Å². The molecular weight excluding hydrogens is 444 g/mol. The van der Waals surface area contributed by atoms with Gasteiger partial charge < -0.3 is 9.32 Å². The molecular formula is C24H21ClN4O2S. The minimum atomic E-state index is -0.190. The van der Waals surface area contributed by atoms with Gasteiger partial charge in [-0.05, 0) is 49.1 Å². The van der Waals surface area contributed by atoms with Gasteiger partial charge in [0.05, 0.1) is 27.8 Å². The topological polar surface area (TPSA) is 72.1 Å². The van der Waals surface area contributed by atoms with Crippen molar-refractivity contribution >= 4 is 28.8 Å². The van der Waals surface area contributed by atoms with E-state index in [1.54, 1.807) is 30.2 Å². The maximum Gasteiger partial charge on any atom is 0.256 e. The predicted octanol–water partition coefficient (Wildman–Crippen LogP) is 5.80. The molecule has 6 nitrogen and oxygen atoms in total. The van der Waals surface area contributed by atoms with Gasteiger partial charge in [-0.25, -0.2) is 4.98 Å². The third kappa shape index (κ3) is 4.31. The largest absolute Gasteiger partial charge is 0.443 e. The molecule has 1 amide bonds. The van der Waals surface area contributed by atoms with Crippen molar-refractivity contribution in [3.63, 3.8) is 0 Å². The molecule has 1 aliphatic rings. The number of hydrogen-bond acceptors (Lipinski definition) is 6. The summed E-state index contributed by atoms with van der Waals surface area (Å²) in [6, 6.07) is 11.1. The van der Waals surface area contributed by atoms with Crippen molar-refractivity contribution in [3.05, 3.63) is 88.3 Å². The number of aromatic nitrogens is 3. The molecule has 0 unspecified atom stereocenters. The van der Waals surface area contributed by atoms with Crippen LogP contribution in [-0.2, 0) is 6.42 Å². The van der Waals surface area contributed by atoms with Crippen molar-refractivity contribution in [2.24, 2.45) is 0 Å². The zero-order chi connectivity index (χ0) is 21.9. The lowest BCUT2D eigenvalue weighted by atomic mass is 10.00. The van der Waals surface area contributed by atoms with Gasteiger partial charge in [-0.2, -0.15) is 0 Å². The molecule has 5 rings (SSSR count). The first-order valence-electron chi connectivity index (χ1n) is 10.5. The highest BCUT2D eigenvalue weighted by atomic mass is 35.5. The Bertz CT molecular complexity index is 1210. The summed E-state index contributed by atoms with van der Waals surface area (Å²) in [5.41, 5.74) is 4.09. The molecule has 0 saturated carbocycles. The smallest absolute Gasteiger partial charge is 0.256 e. The molecule has 3 aromatic heterocycles. The van der Waals surface area contributed by atoms with Crippen molar-refractivity contribution < 1.29 is 9.21 Å². The van der Waals surface area contributed by atoms with Crippen molar-refractivity contribution in [3.8, 4) is 10.6 Å². The first-order chi connectivity index (χ1) is 15.7. The van der Waals surface area contributed by atoms with Gasteiger partial charge in [0, 0.05) is 30.4 Å². The monoisotopic (exact) mass is 464 g/mol. The van der Waals surface area contributed by atoms with Gasteiger partial charge in [0.1, 0.15) is 11.8 Å². The van der Waals surface area contributed by atoms with Crippen molar-refractivity contribution in [2.45, 2.75) is 31.7 Å². The van der Waals surface area contributed by atoms with Crippen LogP contribution in [0, 0.1) is 0 Å². The van der Waals surface area contributed by atoms with Crippen LogP contribution >= 0.6 is 22.9 Å². The Morgan fingerprint density at radius 2 is 2.03 bits per heavy atom. The number of likely N-dealkylation sites (tertiary alicyclic amines) is 1. The van der Waals surface area contributed by atoms with E-state index in [2.05, 4.69) is 15.0 Å². The van der Waals surface area contributed by atoms with Crippen molar-refractivity contribution in [1.29, 1.82) is 0 Å². The van der Waals surface area contributed by atoms with Crippen LogP contribution in [0.1, 0.15) is 52.9 Å². The predicted molar refractivity (Wildman–Crippen MR) is 124 cm³/mol. The number of piperidine rings is 1. The van der Waals surface area contributed by atoms with E-state index in [4.69, 9.17) is 16.0 Å². The molecule has 1 aromatic carbocycles. The number of carbonyl (C=O) groups excluding carboxylic acids is 1. The second-order valence-electron chi connectivity index (χ2n) is 7.74. The molecule has 0 radical (unpaired) electrons. The molecule has 0 spiro atoms. The quantitative estimate of drug-likeness (QED) is 0.373. The number of amides is 1. The first kappa shape index (κ1) is 20.8. The summed E-state index contributed by atoms with van der Waals surface area (Å²) in [6.45, 7) is 0.662. The Morgan fingerprint density at radius 3 is 2.84 bits per heavy atom. The number of rotatable bonds is 5. The number of oxazole rings is 1. The van der Waals surface area contributed by atoms with Gasteiger partial charge in [-0.3, -0.25) is 14.8 Å². The number of carbonyl (C=O) groups is 1. The fourth-order valence-corrected chi connectivity index (χ4v) is 4.81. The lowest BCUT2D eigenvalue weighted by Crippen LogP contribution is -2.39. The zero-order valence-corrected chi connectivity index (χ0v) is 18.9. The van der Waals surface area contributed by atoms with Gasteiger partial charge in [0.25, 0.3) is 5.91 Å². The van der Waals surface area contributed by atoms with Crippen LogP contribution in [0.5, 0.6) is 0 Å². The lowest BCUT2D eigenvalue weighted by molar-refractivity contribution is 0.0570. The molecule has 162 valence electrons. The molecule has 32 heavy (non-hydrogen) atoms. The van der Waals surface area contributed by atoms with E-state index in [9.17, 15) is 4.79 Å². The summed E-state index contributed by atoms with van der Waals surface area (Å²) in [5.74, 6) is 1.31. The van der Waals surface area contributed by atoms with E-state index in [0.717, 1.165) is 35.5 Å². The van der Waals surface area contributed by atoms with Crippen LogP contribution < -0.4 is 0 Å². The summed E-state index contributed by atoms with van der Waals surface area (Å²) in [4.78, 5) is 29.5. The van der Waals surface area contributed by atoms with Gasteiger partial charge in [-0.1, -0.05) is 23.7 Å². The molecule has 1 saturated heterocycles. The van der Waals surface area contributed by atoms with Crippen LogP contribution in [0.4, 0.5) is 0 Å².